The molecule has 0 radical (unpaired) electrons. The highest BCUT2D eigenvalue weighted by atomic mass is 35.5. The third-order valence-electron chi connectivity index (χ3n) is 3.05. The van der Waals surface area contributed by atoms with Crippen molar-refractivity contribution in [3.05, 3.63) is 34.6 Å². The van der Waals surface area contributed by atoms with Crippen LogP contribution in [0.5, 0.6) is 5.75 Å². The van der Waals surface area contributed by atoms with Crippen molar-refractivity contribution in [2.24, 2.45) is 7.05 Å². The van der Waals surface area contributed by atoms with Gasteiger partial charge in [0, 0.05) is 12.1 Å². The van der Waals surface area contributed by atoms with Crippen LogP contribution in [0.3, 0.4) is 0 Å². The average molecular weight is 342 g/mol. The molecule has 6 nitrogen and oxygen atoms in total. The lowest BCUT2D eigenvalue weighted by molar-refractivity contribution is -0.136. The van der Waals surface area contributed by atoms with Crippen molar-refractivity contribution in [2.75, 3.05) is 0 Å². The molecule has 0 aliphatic carbocycles. The SMILES string of the molecule is Cc1cc(OCc2nnc(SC(C)C(=O)O)n2C)ccc1Cl. The number of halogens is 1. The Hall–Kier alpha value is -1.73. The minimum atomic E-state index is -0.887. The highest BCUT2D eigenvalue weighted by Gasteiger charge is 2.18. The van der Waals surface area contributed by atoms with E-state index in [1.54, 1.807) is 30.7 Å². The van der Waals surface area contributed by atoms with Crippen molar-refractivity contribution in [3.63, 3.8) is 0 Å². The second-order valence-corrected chi connectivity index (χ2v) is 6.47. The molecule has 2 aromatic rings. The van der Waals surface area contributed by atoms with Gasteiger partial charge in [-0.3, -0.25) is 4.79 Å². The van der Waals surface area contributed by atoms with Crippen LogP contribution in [0.25, 0.3) is 0 Å². The fraction of sp³-hybridized carbons (Fsp3) is 0.357. The van der Waals surface area contributed by atoms with Crippen LogP contribution < -0.4 is 4.74 Å². The number of carbonyl (C=O) groups is 1. The Morgan fingerprint density at radius 1 is 1.50 bits per heavy atom. The number of hydrogen-bond acceptors (Lipinski definition) is 5. The lowest BCUT2D eigenvalue weighted by Crippen LogP contribution is -2.12. The second kappa shape index (κ2) is 7.02. The summed E-state index contributed by atoms with van der Waals surface area (Å²) in [6, 6.07) is 5.41. The summed E-state index contributed by atoms with van der Waals surface area (Å²) in [4.78, 5) is 10.9. The van der Waals surface area contributed by atoms with E-state index in [2.05, 4.69) is 10.2 Å². The molecular formula is C14H16ClN3O3S. The number of benzene rings is 1. The monoisotopic (exact) mass is 341 g/mol. The number of aromatic nitrogens is 3. The van der Waals surface area contributed by atoms with Gasteiger partial charge in [0.1, 0.15) is 17.6 Å². The minimum absolute atomic E-state index is 0.243. The van der Waals surface area contributed by atoms with Crippen LogP contribution in [0.2, 0.25) is 5.02 Å². The maximum Gasteiger partial charge on any atom is 0.316 e. The summed E-state index contributed by atoms with van der Waals surface area (Å²) in [7, 11) is 1.78. The van der Waals surface area contributed by atoms with E-state index in [9.17, 15) is 4.79 Å². The minimum Gasteiger partial charge on any atom is -0.486 e. The number of aliphatic carboxylic acids is 1. The Kier molecular flexibility index (Phi) is 5.31. The molecule has 0 amide bonds. The van der Waals surface area contributed by atoms with Crippen LogP contribution in [-0.2, 0) is 18.4 Å². The number of aryl methyl sites for hydroxylation is 1. The summed E-state index contributed by atoms with van der Waals surface area (Å²) in [6.07, 6.45) is 0. The normalized spacial score (nSPS) is 12.2. The van der Waals surface area contributed by atoms with Crippen LogP contribution in [0.1, 0.15) is 18.3 Å². The summed E-state index contributed by atoms with van der Waals surface area (Å²) in [5.41, 5.74) is 0.934. The van der Waals surface area contributed by atoms with Gasteiger partial charge < -0.3 is 14.4 Å². The smallest absolute Gasteiger partial charge is 0.316 e. The molecule has 22 heavy (non-hydrogen) atoms. The van der Waals surface area contributed by atoms with Gasteiger partial charge in [0.2, 0.25) is 0 Å². The second-order valence-electron chi connectivity index (χ2n) is 4.76. The number of thioether (sulfide) groups is 1. The predicted octanol–water partition coefficient (Wildman–Crippen LogP) is 2.92. The van der Waals surface area contributed by atoms with E-state index in [0.717, 1.165) is 17.3 Å². The molecule has 1 heterocycles. The maximum absolute atomic E-state index is 10.9. The summed E-state index contributed by atoms with van der Waals surface area (Å²) in [5.74, 6) is 0.424. The van der Waals surface area contributed by atoms with E-state index in [1.165, 1.54) is 0 Å². The third kappa shape index (κ3) is 3.92. The van der Waals surface area contributed by atoms with E-state index in [1.807, 2.05) is 13.0 Å². The molecule has 0 saturated heterocycles. The number of carboxylic acids is 1. The first kappa shape index (κ1) is 16.6. The Balaban J connectivity index is 2.03. The van der Waals surface area contributed by atoms with Gasteiger partial charge in [-0.1, -0.05) is 23.4 Å². The van der Waals surface area contributed by atoms with E-state index in [4.69, 9.17) is 21.4 Å². The van der Waals surface area contributed by atoms with Crippen LogP contribution in [-0.4, -0.2) is 31.1 Å². The van der Waals surface area contributed by atoms with Crippen LogP contribution in [0.4, 0.5) is 0 Å². The lowest BCUT2D eigenvalue weighted by Gasteiger charge is -2.08. The van der Waals surface area contributed by atoms with Crippen molar-refractivity contribution < 1.29 is 14.6 Å². The van der Waals surface area contributed by atoms with Crippen molar-refractivity contribution in [3.8, 4) is 5.75 Å². The highest BCUT2D eigenvalue weighted by molar-refractivity contribution is 8.00. The first-order valence-corrected chi connectivity index (χ1v) is 7.81. The molecule has 1 aromatic carbocycles. The number of rotatable bonds is 6. The Morgan fingerprint density at radius 3 is 2.86 bits per heavy atom. The molecule has 0 spiro atoms. The van der Waals surface area contributed by atoms with Gasteiger partial charge >= 0.3 is 5.97 Å². The molecule has 1 N–H and O–H groups in total. The van der Waals surface area contributed by atoms with E-state index < -0.39 is 11.2 Å². The van der Waals surface area contributed by atoms with Gasteiger partial charge in [-0.15, -0.1) is 10.2 Å². The third-order valence-corrected chi connectivity index (χ3v) is 4.60. The first-order valence-electron chi connectivity index (χ1n) is 6.55. The van der Waals surface area contributed by atoms with Gasteiger partial charge in [-0.2, -0.15) is 0 Å². The number of hydrogen-bond donors (Lipinski definition) is 1. The average Bonchev–Trinajstić information content (AvgIpc) is 2.81. The zero-order valence-corrected chi connectivity index (χ0v) is 14.0. The Labute approximate surface area is 137 Å². The first-order chi connectivity index (χ1) is 10.4. The number of nitrogens with zero attached hydrogens (tertiary/aromatic N) is 3. The van der Waals surface area contributed by atoms with E-state index >= 15 is 0 Å². The van der Waals surface area contributed by atoms with Crippen LogP contribution in [0, 0.1) is 6.92 Å². The molecule has 1 unspecified atom stereocenters. The highest BCUT2D eigenvalue weighted by Crippen LogP contribution is 2.23. The molecule has 1 atom stereocenters. The quantitative estimate of drug-likeness (QED) is 0.814. The molecule has 118 valence electrons. The standard InChI is InChI=1S/C14H16ClN3O3S/c1-8-6-10(4-5-11(8)15)21-7-12-16-17-14(18(12)3)22-9(2)13(19)20/h4-6,9H,7H2,1-3H3,(H,19,20). The zero-order valence-electron chi connectivity index (χ0n) is 12.4. The fourth-order valence-corrected chi connectivity index (χ4v) is 2.52. The Morgan fingerprint density at radius 2 is 2.23 bits per heavy atom. The maximum atomic E-state index is 10.9. The predicted molar refractivity (Wildman–Crippen MR) is 84.5 cm³/mol. The Bertz CT molecular complexity index is 690. The van der Waals surface area contributed by atoms with Gasteiger partial charge in [0.25, 0.3) is 0 Å². The summed E-state index contributed by atoms with van der Waals surface area (Å²) in [5, 5.41) is 17.6. The molecule has 0 aliphatic rings. The van der Waals surface area contributed by atoms with Gasteiger partial charge in [-0.25, -0.2) is 0 Å². The fourth-order valence-electron chi connectivity index (χ4n) is 1.64. The van der Waals surface area contributed by atoms with Gasteiger partial charge in [0.15, 0.2) is 11.0 Å². The number of carboxylic acid groups (broad SMARTS) is 1. The molecule has 0 saturated carbocycles. The molecule has 1 aromatic heterocycles. The molecule has 8 heteroatoms. The van der Waals surface area contributed by atoms with Crippen molar-refractivity contribution >= 4 is 29.3 Å². The van der Waals surface area contributed by atoms with Gasteiger partial charge in [-0.05, 0) is 37.6 Å². The van der Waals surface area contributed by atoms with Crippen molar-refractivity contribution in [1.29, 1.82) is 0 Å². The molecule has 0 bridgehead atoms. The zero-order chi connectivity index (χ0) is 16.3. The van der Waals surface area contributed by atoms with Crippen molar-refractivity contribution in [2.45, 2.75) is 30.9 Å². The summed E-state index contributed by atoms with van der Waals surface area (Å²) < 4.78 is 7.40. The van der Waals surface area contributed by atoms with E-state index in [0.29, 0.717) is 21.8 Å². The number of ether oxygens (including phenoxy) is 1. The largest absolute Gasteiger partial charge is 0.486 e. The summed E-state index contributed by atoms with van der Waals surface area (Å²) in [6.45, 7) is 3.75. The van der Waals surface area contributed by atoms with Gasteiger partial charge in [0.05, 0.1) is 0 Å². The molecular weight excluding hydrogens is 326 g/mol. The van der Waals surface area contributed by atoms with E-state index in [-0.39, 0.29) is 6.61 Å². The lowest BCUT2D eigenvalue weighted by atomic mass is 10.2. The topological polar surface area (TPSA) is 77.2 Å². The molecule has 0 aliphatic heterocycles. The van der Waals surface area contributed by atoms with Crippen molar-refractivity contribution in [1.82, 2.24) is 14.8 Å². The molecule has 2 rings (SSSR count). The van der Waals surface area contributed by atoms with Crippen LogP contribution in [0.15, 0.2) is 23.4 Å². The van der Waals surface area contributed by atoms with Crippen LogP contribution >= 0.6 is 23.4 Å². The molecule has 0 fully saturated rings. The summed E-state index contributed by atoms with van der Waals surface area (Å²) >= 11 is 7.11.